The maximum absolute atomic E-state index is 11.2. The summed E-state index contributed by atoms with van der Waals surface area (Å²) < 4.78 is 5.78. The Bertz CT molecular complexity index is 594. The topological polar surface area (TPSA) is 63.3 Å². The van der Waals surface area contributed by atoms with Gasteiger partial charge in [0.1, 0.15) is 5.52 Å². The van der Waals surface area contributed by atoms with E-state index in [4.69, 9.17) is 9.52 Å². The molecule has 1 aromatic carbocycles. The number of carboxylic acids is 1. The Labute approximate surface area is 111 Å². The summed E-state index contributed by atoms with van der Waals surface area (Å²) in [4.78, 5) is 15.6. The fourth-order valence-corrected chi connectivity index (χ4v) is 2.84. The molecule has 1 aliphatic rings. The number of hydrogen-bond donors (Lipinski definition) is 1. The van der Waals surface area contributed by atoms with E-state index < -0.39 is 5.97 Å². The fourth-order valence-electron chi connectivity index (χ4n) is 2.84. The average Bonchev–Trinajstić information content (AvgIpc) is 2.65. The molecule has 2 aromatic rings. The van der Waals surface area contributed by atoms with Crippen molar-refractivity contribution < 1.29 is 14.3 Å². The largest absolute Gasteiger partial charge is 0.478 e. The molecule has 1 aromatic heterocycles. The number of oxazole rings is 1. The van der Waals surface area contributed by atoms with Gasteiger partial charge in [-0.1, -0.05) is 31.7 Å². The third kappa shape index (κ3) is 2.35. The minimum absolute atomic E-state index is 0.223. The number of hydrogen-bond acceptors (Lipinski definition) is 3. The quantitative estimate of drug-likeness (QED) is 0.829. The van der Waals surface area contributed by atoms with Crippen molar-refractivity contribution in [3.8, 4) is 0 Å². The van der Waals surface area contributed by atoms with Gasteiger partial charge in [-0.2, -0.15) is 0 Å². The standard InChI is InChI=1S/C15H17NO3/c17-15(18)11-8-5-9-12-13(11)16-14(19-12)10-6-3-1-2-4-7-10/h5,8-10H,1-4,6-7H2,(H,17,18). The van der Waals surface area contributed by atoms with Crippen LogP contribution in [-0.2, 0) is 0 Å². The lowest BCUT2D eigenvalue weighted by molar-refractivity contribution is 0.0699. The van der Waals surface area contributed by atoms with Gasteiger partial charge in [-0.05, 0) is 25.0 Å². The Balaban J connectivity index is 2.01. The molecule has 4 heteroatoms. The molecule has 1 saturated carbocycles. The van der Waals surface area contributed by atoms with Crippen molar-refractivity contribution in [3.05, 3.63) is 29.7 Å². The van der Waals surface area contributed by atoms with Gasteiger partial charge in [0.15, 0.2) is 11.5 Å². The van der Waals surface area contributed by atoms with Crippen LogP contribution in [0.15, 0.2) is 22.6 Å². The molecule has 19 heavy (non-hydrogen) atoms. The van der Waals surface area contributed by atoms with E-state index in [2.05, 4.69) is 4.98 Å². The van der Waals surface area contributed by atoms with Gasteiger partial charge in [-0.3, -0.25) is 0 Å². The van der Waals surface area contributed by atoms with Crippen LogP contribution in [-0.4, -0.2) is 16.1 Å². The lowest BCUT2D eigenvalue weighted by atomic mass is 10.0. The van der Waals surface area contributed by atoms with Gasteiger partial charge in [0.05, 0.1) is 5.56 Å². The highest BCUT2D eigenvalue weighted by molar-refractivity contribution is 6.00. The first-order chi connectivity index (χ1) is 9.25. The number of aromatic nitrogens is 1. The number of fused-ring (bicyclic) bond motifs is 1. The molecule has 0 atom stereocenters. The van der Waals surface area contributed by atoms with Crippen LogP contribution in [0.3, 0.4) is 0 Å². The molecular formula is C15H17NO3. The van der Waals surface area contributed by atoms with Crippen molar-refractivity contribution in [2.45, 2.75) is 44.4 Å². The summed E-state index contributed by atoms with van der Waals surface area (Å²) in [5.41, 5.74) is 1.29. The molecule has 0 spiro atoms. The number of carboxylic acid groups (broad SMARTS) is 1. The zero-order valence-corrected chi connectivity index (χ0v) is 10.8. The van der Waals surface area contributed by atoms with E-state index in [1.165, 1.54) is 25.7 Å². The summed E-state index contributed by atoms with van der Waals surface area (Å²) in [6.07, 6.45) is 7.14. The van der Waals surface area contributed by atoms with E-state index in [1.54, 1.807) is 18.2 Å². The van der Waals surface area contributed by atoms with Crippen LogP contribution in [0.4, 0.5) is 0 Å². The van der Waals surface area contributed by atoms with E-state index in [9.17, 15) is 4.79 Å². The number of nitrogens with zero attached hydrogens (tertiary/aromatic N) is 1. The Morgan fingerprint density at radius 3 is 2.63 bits per heavy atom. The zero-order chi connectivity index (χ0) is 13.2. The zero-order valence-electron chi connectivity index (χ0n) is 10.8. The highest BCUT2D eigenvalue weighted by atomic mass is 16.4. The van der Waals surface area contributed by atoms with E-state index in [-0.39, 0.29) is 5.56 Å². The van der Waals surface area contributed by atoms with Gasteiger partial charge in [0.2, 0.25) is 0 Å². The minimum Gasteiger partial charge on any atom is -0.478 e. The Kier molecular flexibility index (Phi) is 3.23. The maximum atomic E-state index is 11.2. The summed E-state index contributed by atoms with van der Waals surface area (Å²) in [6.45, 7) is 0. The first-order valence-electron chi connectivity index (χ1n) is 6.88. The molecular weight excluding hydrogens is 242 g/mol. The first-order valence-corrected chi connectivity index (χ1v) is 6.88. The molecule has 4 nitrogen and oxygen atoms in total. The van der Waals surface area contributed by atoms with Crippen molar-refractivity contribution in [1.82, 2.24) is 4.98 Å². The number of carbonyl (C=O) groups is 1. The lowest BCUT2D eigenvalue weighted by Gasteiger charge is -2.08. The summed E-state index contributed by atoms with van der Waals surface area (Å²) in [6, 6.07) is 5.06. The molecule has 0 unspecified atom stereocenters. The molecule has 100 valence electrons. The fraction of sp³-hybridized carbons (Fsp3) is 0.467. The molecule has 0 amide bonds. The highest BCUT2D eigenvalue weighted by Crippen LogP contribution is 2.33. The molecule has 0 bridgehead atoms. The summed E-state index contributed by atoms with van der Waals surface area (Å²) >= 11 is 0. The van der Waals surface area contributed by atoms with Crippen LogP contribution in [0.5, 0.6) is 0 Å². The Morgan fingerprint density at radius 2 is 1.95 bits per heavy atom. The van der Waals surface area contributed by atoms with Crippen LogP contribution >= 0.6 is 0 Å². The second-order valence-electron chi connectivity index (χ2n) is 5.20. The number of benzene rings is 1. The highest BCUT2D eigenvalue weighted by Gasteiger charge is 2.21. The van der Waals surface area contributed by atoms with Gasteiger partial charge >= 0.3 is 5.97 Å². The average molecular weight is 259 g/mol. The van der Waals surface area contributed by atoms with Gasteiger partial charge < -0.3 is 9.52 Å². The monoisotopic (exact) mass is 259 g/mol. The van der Waals surface area contributed by atoms with Gasteiger partial charge in [0, 0.05) is 5.92 Å². The van der Waals surface area contributed by atoms with Crippen LogP contribution < -0.4 is 0 Å². The Hall–Kier alpha value is -1.84. The molecule has 1 N–H and O–H groups in total. The van der Waals surface area contributed by atoms with Crippen LogP contribution in [0.25, 0.3) is 11.1 Å². The predicted molar refractivity (Wildman–Crippen MR) is 71.4 cm³/mol. The van der Waals surface area contributed by atoms with Crippen molar-refractivity contribution in [2.24, 2.45) is 0 Å². The third-order valence-electron chi connectivity index (χ3n) is 3.87. The smallest absolute Gasteiger partial charge is 0.338 e. The van der Waals surface area contributed by atoms with Gasteiger partial charge in [-0.15, -0.1) is 0 Å². The second kappa shape index (κ2) is 5.03. The van der Waals surface area contributed by atoms with E-state index in [1.807, 2.05) is 0 Å². The normalized spacial score (nSPS) is 17.5. The number of rotatable bonds is 2. The van der Waals surface area contributed by atoms with Gasteiger partial charge in [-0.25, -0.2) is 9.78 Å². The van der Waals surface area contributed by atoms with Crippen LogP contribution in [0.1, 0.15) is 60.7 Å². The predicted octanol–water partition coefficient (Wildman–Crippen LogP) is 3.96. The molecule has 0 aliphatic heterocycles. The van der Waals surface area contributed by atoms with Crippen LogP contribution in [0, 0.1) is 0 Å². The second-order valence-corrected chi connectivity index (χ2v) is 5.20. The van der Waals surface area contributed by atoms with E-state index in [0.717, 1.165) is 12.8 Å². The molecule has 0 saturated heterocycles. The van der Waals surface area contributed by atoms with Gasteiger partial charge in [0.25, 0.3) is 0 Å². The summed E-state index contributed by atoms with van der Waals surface area (Å²) in [7, 11) is 0. The summed E-state index contributed by atoms with van der Waals surface area (Å²) in [5.74, 6) is 0.105. The van der Waals surface area contributed by atoms with Crippen molar-refractivity contribution in [2.75, 3.05) is 0 Å². The molecule has 1 heterocycles. The Morgan fingerprint density at radius 1 is 1.21 bits per heavy atom. The van der Waals surface area contributed by atoms with E-state index >= 15 is 0 Å². The molecule has 1 aliphatic carbocycles. The van der Waals surface area contributed by atoms with Crippen molar-refractivity contribution >= 4 is 17.1 Å². The van der Waals surface area contributed by atoms with Crippen molar-refractivity contribution in [3.63, 3.8) is 0 Å². The third-order valence-corrected chi connectivity index (χ3v) is 3.87. The maximum Gasteiger partial charge on any atom is 0.338 e. The SMILES string of the molecule is O=C(O)c1cccc2oc(C3CCCCCC3)nc12. The molecule has 1 fully saturated rings. The number of para-hydroxylation sites is 1. The minimum atomic E-state index is -0.952. The first kappa shape index (κ1) is 12.2. The van der Waals surface area contributed by atoms with Crippen molar-refractivity contribution in [1.29, 1.82) is 0 Å². The lowest BCUT2D eigenvalue weighted by Crippen LogP contribution is -1.99. The molecule has 0 radical (unpaired) electrons. The van der Waals surface area contributed by atoms with Crippen LogP contribution in [0.2, 0.25) is 0 Å². The van der Waals surface area contributed by atoms with E-state index in [0.29, 0.717) is 22.9 Å². The summed E-state index contributed by atoms with van der Waals surface area (Å²) in [5, 5.41) is 9.17. The number of aromatic carboxylic acids is 1. The molecule has 3 rings (SSSR count).